The molecule has 0 radical (unpaired) electrons. The molecule has 0 aromatic carbocycles. The van der Waals surface area contributed by atoms with Gasteiger partial charge in [0.2, 0.25) is 5.91 Å². The van der Waals surface area contributed by atoms with E-state index in [0.29, 0.717) is 19.7 Å². The van der Waals surface area contributed by atoms with E-state index in [9.17, 15) is 22.8 Å². The molecular weight excluding hydrogens is 283 g/mol. The lowest BCUT2D eigenvalue weighted by Crippen LogP contribution is -2.50. The van der Waals surface area contributed by atoms with Crippen molar-refractivity contribution >= 4 is 12.0 Å². The molecule has 1 aliphatic rings. The quantitative estimate of drug-likeness (QED) is 0.711. The zero-order valence-electron chi connectivity index (χ0n) is 10.6. The second-order valence-electron chi connectivity index (χ2n) is 4.18. The Kier molecular flexibility index (Phi) is 6.02. The molecule has 1 atom stereocenters. The third-order valence-corrected chi connectivity index (χ3v) is 2.53. The Bertz CT molecular complexity index is 351. The molecule has 0 unspecified atom stereocenters. The maximum absolute atomic E-state index is 11.8. The number of amides is 2. The number of halogens is 3. The molecule has 1 saturated heterocycles. The van der Waals surface area contributed by atoms with Gasteiger partial charge in [0.05, 0.1) is 6.61 Å². The molecule has 7 nitrogen and oxygen atoms in total. The van der Waals surface area contributed by atoms with Crippen molar-refractivity contribution in [2.75, 3.05) is 39.4 Å². The largest absolute Gasteiger partial charge is 0.440 e. The van der Waals surface area contributed by atoms with Crippen LogP contribution in [0, 0.1) is 0 Å². The lowest BCUT2D eigenvalue weighted by atomic mass is 10.2. The predicted molar refractivity (Wildman–Crippen MR) is 60.8 cm³/mol. The molecule has 0 bridgehead atoms. The first-order chi connectivity index (χ1) is 9.28. The van der Waals surface area contributed by atoms with Crippen LogP contribution in [0.25, 0.3) is 0 Å². The number of hydrogen-bond acceptors (Lipinski definition) is 5. The molecule has 0 aromatic heterocycles. The second-order valence-corrected chi connectivity index (χ2v) is 4.18. The zero-order valence-corrected chi connectivity index (χ0v) is 10.6. The van der Waals surface area contributed by atoms with Gasteiger partial charge in [0.25, 0.3) is 0 Å². The van der Waals surface area contributed by atoms with E-state index in [4.69, 9.17) is 10.5 Å². The lowest BCUT2D eigenvalue weighted by Gasteiger charge is -2.31. The summed E-state index contributed by atoms with van der Waals surface area (Å²) in [6.45, 7) is -0.0135. The van der Waals surface area contributed by atoms with E-state index in [1.54, 1.807) is 0 Å². The van der Waals surface area contributed by atoms with Crippen molar-refractivity contribution in [1.29, 1.82) is 0 Å². The summed E-state index contributed by atoms with van der Waals surface area (Å²) in [6.07, 6.45) is -6.39. The second kappa shape index (κ2) is 7.29. The number of alkyl halides is 3. The molecule has 116 valence electrons. The molecule has 0 aliphatic carbocycles. The van der Waals surface area contributed by atoms with E-state index in [1.807, 2.05) is 4.90 Å². The highest BCUT2D eigenvalue weighted by molar-refractivity contribution is 5.79. The van der Waals surface area contributed by atoms with Gasteiger partial charge in [0.1, 0.15) is 6.10 Å². The number of hydrogen-bond donors (Lipinski definition) is 2. The van der Waals surface area contributed by atoms with Crippen molar-refractivity contribution in [1.82, 2.24) is 10.2 Å². The molecule has 1 rings (SSSR count). The average Bonchev–Trinajstić information content (AvgIpc) is 2.36. The Morgan fingerprint density at radius 2 is 2.15 bits per heavy atom. The summed E-state index contributed by atoms with van der Waals surface area (Å²) in [7, 11) is 0. The molecule has 1 aliphatic heterocycles. The molecule has 0 aromatic rings. The van der Waals surface area contributed by atoms with Gasteiger partial charge in [-0.2, -0.15) is 13.2 Å². The number of primary amides is 1. The summed E-state index contributed by atoms with van der Waals surface area (Å²) in [4.78, 5) is 23.7. The van der Waals surface area contributed by atoms with Crippen LogP contribution in [0.1, 0.15) is 0 Å². The Morgan fingerprint density at radius 1 is 1.45 bits per heavy atom. The maximum atomic E-state index is 11.8. The van der Waals surface area contributed by atoms with Gasteiger partial charge >= 0.3 is 12.3 Å². The molecule has 3 N–H and O–H groups in total. The number of rotatable bonds is 5. The zero-order chi connectivity index (χ0) is 15.2. The van der Waals surface area contributed by atoms with Gasteiger partial charge in [-0.15, -0.1) is 0 Å². The summed E-state index contributed by atoms with van der Waals surface area (Å²) in [5.74, 6) is -0.577. The van der Waals surface area contributed by atoms with Gasteiger partial charge in [-0.25, -0.2) is 4.79 Å². The Morgan fingerprint density at radius 3 is 2.75 bits per heavy atom. The predicted octanol–water partition coefficient (Wildman–Crippen LogP) is -0.539. The smallest absolute Gasteiger partial charge is 0.422 e. The Balaban J connectivity index is 2.17. The first kappa shape index (κ1) is 16.5. The third kappa shape index (κ3) is 6.57. The topological polar surface area (TPSA) is 93.9 Å². The fourth-order valence-electron chi connectivity index (χ4n) is 1.59. The van der Waals surface area contributed by atoms with Gasteiger partial charge < -0.3 is 20.5 Å². The van der Waals surface area contributed by atoms with E-state index in [0.717, 1.165) is 0 Å². The third-order valence-electron chi connectivity index (χ3n) is 2.53. The minimum atomic E-state index is -4.55. The average molecular weight is 299 g/mol. The SMILES string of the molecule is NC(=O)[C@H]1CN(CCNC(=O)OCC(F)(F)F)CCO1. The molecular formula is C10H16F3N3O4. The first-order valence-electron chi connectivity index (χ1n) is 5.88. The number of ether oxygens (including phenoxy) is 2. The van der Waals surface area contributed by atoms with Gasteiger partial charge in [0, 0.05) is 26.2 Å². The number of nitrogens with zero attached hydrogens (tertiary/aromatic N) is 1. The summed E-state index contributed by atoms with van der Waals surface area (Å²) in [6, 6.07) is 0. The van der Waals surface area contributed by atoms with Crippen LogP contribution in [0.15, 0.2) is 0 Å². The van der Waals surface area contributed by atoms with Crippen LogP contribution in [-0.4, -0.2) is 68.6 Å². The van der Waals surface area contributed by atoms with Crippen LogP contribution in [0.4, 0.5) is 18.0 Å². The number of nitrogens with two attached hydrogens (primary N) is 1. The van der Waals surface area contributed by atoms with E-state index in [2.05, 4.69) is 10.1 Å². The lowest BCUT2D eigenvalue weighted by molar-refractivity contribution is -0.160. The van der Waals surface area contributed by atoms with Crippen LogP contribution in [0.3, 0.4) is 0 Å². The molecule has 0 saturated carbocycles. The minimum Gasteiger partial charge on any atom is -0.440 e. The fraction of sp³-hybridized carbons (Fsp3) is 0.800. The molecule has 20 heavy (non-hydrogen) atoms. The van der Waals surface area contributed by atoms with E-state index in [-0.39, 0.29) is 13.1 Å². The van der Waals surface area contributed by atoms with Gasteiger partial charge in [-0.05, 0) is 0 Å². The number of alkyl carbamates (subject to hydrolysis) is 1. The highest BCUT2D eigenvalue weighted by Crippen LogP contribution is 2.14. The van der Waals surface area contributed by atoms with Gasteiger partial charge in [0.15, 0.2) is 6.61 Å². The van der Waals surface area contributed by atoms with Crippen molar-refractivity contribution < 1.29 is 32.2 Å². The molecule has 2 amide bonds. The van der Waals surface area contributed by atoms with Crippen LogP contribution < -0.4 is 11.1 Å². The van der Waals surface area contributed by atoms with Crippen molar-refractivity contribution in [2.45, 2.75) is 12.3 Å². The highest BCUT2D eigenvalue weighted by atomic mass is 19.4. The van der Waals surface area contributed by atoms with Crippen LogP contribution in [0.2, 0.25) is 0 Å². The molecule has 0 spiro atoms. The van der Waals surface area contributed by atoms with E-state index < -0.39 is 30.9 Å². The standard InChI is InChI=1S/C10H16F3N3O4/c11-10(12,13)6-20-9(18)15-1-2-16-3-4-19-7(5-16)8(14)17/h7H,1-6H2,(H2,14,17)(H,15,18)/t7-/m1/s1. The summed E-state index contributed by atoms with van der Waals surface area (Å²) in [5.41, 5.74) is 5.10. The van der Waals surface area contributed by atoms with Crippen LogP contribution in [0.5, 0.6) is 0 Å². The van der Waals surface area contributed by atoms with Crippen LogP contribution >= 0.6 is 0 Å². The summed E-state index contributed by atoms with van der Waals surface area (Å²) < 4.78 is 44.4. The van der Waals surface area contributed by atoms with Crippen molar-refractivity contribution in [3.8, 4) is 0 Å². The van der Waals surface area contributed by atoms with Crippen molar-refractivity contribution in [2.24, 2.45) is 5.73 Å². The number of nitrogens with one attached hydrogen (secondary N) is 1. The number of carbonyl (C=O) groups is 2. The van der Waals surface area contributed by atoms with Crippen molar-refractivity contribution in [3.63, 3.8) is 0 Å². The number of carbonyl (C=O) groups excluding carboxylic acids is 2. The van der Waals surface area contributed by atoms with Crippen LogP contribution in [-0.2, 0) is 14.3 Å². The molecule has 10 heteroatoms. The summed E-state index contributed by atoms with van der Waals surface area (Å²) in [5, 5.41) is 2.19. The number of morpholine rings is 1. The van der Waals surface area contributed by atoms with Gasteiger partial charge in [-0.3, -0.25) is 9.69 Å². The highest BCUT2D eigenvalue weighted by Gasteiger charge is 2.29. The Hall–Kier alpha value is -1.55. The van der Waals surface area contributed by atoms with Gasteiger partial charge in [-0.1, -0.05) is 0 Å². The molecule has 1 fully saturated rings. The maximum Gasteiger partial charge on any atom is 0.422 e. The minimum absolute atomic E-state index is 0.0994. The Labute approximate surface area is 113 Å². The normalized spacial score (nSPS) is 20.4. The summed E-state index contributed by atoms with van der Waals surface area (Å²) >= 11 is 0. The van der Waals surface area contributed by atoms with E-state index in [1.165, 1.54) is 0 Å². The molecule has 1 heterocycles. The van der Waals surface area contributed by atoms with Crippen molar-refractivity contribution in [3.05, 3.63) is 0 Å². The van der Waals surface area contributed by atoms with E-state index >= 15 is 0 Å². The fourth-order valence-corrected chi connectivity index (χ4v) is 1.59. The first-order valence-corrected chi connectivity index (χ1v) is 5.88. The monoisotopic (exact) mass is 299 g/mol.